The maximum Gasteiger partial charge on any atom is 0.376 e. The van der Waals surface area contributed by atoms with Crippen molar-refractivity contribution in [2.75, 3.05) is 6.61 Å². The van der Waals surface area contributed by atoms with E-state index in [1.54, 1.807) is 11.5 Å². The van der Waals surface area contributed by atoms with E-state index in [1.165, 1.54) is 0 Å². The highest BCUT2D eigenvalue weighted by atomic mass is 16.5. The van der Waals surface area contributed by atoms with E-state index in [9.17, 15) is 4.79 Å². The van der Waals surface area contributed by atoms with Gasteiger partial charge in [0.25, 0.3) is 0 Å². The molecule has 2 rings (SSSR count). The zero-order valence-corrected chi connectivity index (χ0v) is 11.3. The molecule has 0 saturated carbocycles. The lowest BCUT2D eigenvalue weighted by atomic mass is 10.1. The third-order valence-electron chi connectivity index (χ3n) is 2.99. The van der Waals surface area contributed by atoms with Crippen LogP contribution in [0.1, 0.15) is 41.9 Å². The summed E-state index contributed by atoms with van der Waals surface area (Å²) in [5.41, 5.74) is 1.09. The first-order chi connectivity index (χ1) is 9.15. The number of benzene rings is 1. The summed E-state index contributed by atoms with van der Waals surface area (Å²) < 4.78 is 6.80. The molecule has 0 bridgehead atoms. The third-order valence-corrected chi connectivity index (χ3v) is 2.99. The predicted molar refractivity (Wildman–Crippen MR) is 71.0 cm³/mol. The molecule has 1 heterocycles. The molecule has 0 aliphatic heterocycles. The van der Waals surface area contributed by atoms with Gasteiger partial charge in [-0.2, -0.15) is 0 Å². The molecule has 0 spiro atoms. The minimum absolute atomic E-state index is 0.0180. The summed E-state index contributed by atoms with van der Waals surface area (Å²) in [6.45, 7) is 5.93. The molecule has 0 aliphatic rings. The first-order valence-corrected chi connectivity index (χ1v) is 6.28. The van der Waals surface area contributed by atoms with Crippen molar-refractivity contribution in [2.24, 2.45) is 0 Å². The lowest BCUT2D eigenvalue weighted by Crippen LogP contribution is -2.18. The van der Waals surface area contributed by atoms with Crippen LogP contribution in [0.2, 0.25) is 0 Å². The normalized spacial score (nSPS) is 12.2. The summed E-state index contributed by atoms with van der Waals surface area (Å²) in [6, 6.07) is 9.90. The van der Waals surface area contributed by atoms with Gasteiger partial charge in [0.15, 0.2) is 0 Å². The highest BCUT2D eigenvalue weighted by Gasteiger charge is 2.22. The predicted octanol–water partition coefficient (Wildman–Crippen LogP) is 2.37. The maximum atomic E-state index is 11.9. The molecular weight excluding hydrogens is 242 g/mol. The summed E-state index contributed by atoms with van der Waals surface area (Å²) in [5, 5.41) is 7.90. The number of aryl methyl sites for hydroxylation is 1. The number of aromatic nitrogens is 3. The minimum atomic E-state index is -0.439. The van der Waals surface area contributed by atoms with E-state index in [4.69, 9.17) is 4.74 Å². The molecule has 100 valence electrons. The number of esters is 1. The monoisotopic (exact) mass is 259 g/mol. The van der Waals surface area contributed by atoms with Crippen molar-refractivity contribution in [1.82, 2.24) is 14.8 Å². The fraction of sp³-hybridized carbons (Fsp3) is 0.357. The molecule has 1 aromatic heterocycles. The Bertz CT molecular complexity index is 563. The Morgan fingerprint density at radius 3 is 2.63 bits per heavy atom. The molecular formula is C14H17N3O2. The highest BCUT2D eigenvalue weighted by Crippen LogP contribution is 2.20. The number of hydrogen-bond donors (Lipinski definition) is 0. The van der Waals surface area contributed by atoms with E-state index in [0.29, 0.717) is 12.4 Å². The topological polar surface area (TPSA) is 57.0 Å². The van der Waals surface area contributed by atoms with Gasteiger partial charge in [0.1, 0.15) is 5.82 Å². The van der Waals surface area contributed by atoms with E-state index < -0.39 is 5.97 Å². The Labute approximate surface area is 112 Å². The fourth-order valence-electron chi connectivity index (χ4n) is 2.05. The van der Waals surface area contributed by atoms with Gasteiger partial charge in [-0.1, -0.05) is 30.3 Å². The smallest absolute Gasteiger partial charge is 0.376 e. The second kappa shape index (κ2) is 5.65. The van der Waals surface area contributed by atoms with Gasteiger partial charge in [0.2, 0.25) is 5.82 Å². The Morgan fingerprint density at radius 1 is 1.32 bits per heavy atom. The van der Waals surface area contributed by atoms with Gasteiger partial charge in [-0.15, -0.1) is 10.2 Å². The first kappa shape index (κ1) is 13.3. The van der Waals surface area contributed by atoms with E-state index in [0.717, 1.165) is 5.56 Å². The van der Waals surface area contributed by atoms with Crippen molar-refractivity contribution in [3.05, 3.63) is 47.5 Å². The SMILES string of the molecule is CCOC(=O)c1nnc(C)n1C(C)c1ccccc1. The number of carbonyl (C=O) groups is 1. The molecule has 0 radical (unpaired) electrons. The molecule has 2 aromatic rings. The summed E-state index contributed by atoms with van der Waals surface area (Å²) in [4.78, 5) is 11.9. The number of ether oxygens (including phenoxy) is 1. The first-order valence-electron chi connectivity index (χ1n) is 6.28. The van der Waals surface area contributed by atoms with Crippen molar-refractivity contribution < 1.29 is 9.53 Å². The quantitative estimate of drug-likeness (QED) is 0.791. The van der Waals surface area contributed by atoms with Crippen molar-refractivity contribution in [3.8, 4) is 0 Å². The summed E-state index contributed by atoms with van der Waals surface area (Å²) in [7, 11) is 0. The molecule has 1 atom stereocenters. The van der Waals surface area contributed by atoms with Gasteiger partial charge in [-0.05, 0) is 26.3 Å². The lowest BCUT2D eigenvalue weighted by molar-refractivity contribution is 0.0504. The molecule has 0 fully saturated rings. The van der Waals surface area contributed by atoms with Crippen LogP contribution in [0.4, 0.5) is 0 Å². The van der Waals surface area contributed by atoms with E-state index in [-0.39, 0.29) is 11.9 Å². The van der Waals surface area contributed by atoms with Gasteiger partial charge in [0, 0.05) is 0 Å². The van der Waals surface area contributed by atoms with Crippen LogP contribution in [-0.2, 0) is 4.74 Å². The van der Waals surface area contributed by atoms with Crippen LogP contribution in [0.5, 0.6) is 0 Å². The van der Waals surface area contributed by atoms with Gasteiger partial charge >= 0.3 is 5.97 Å². The van der Waals surface area contributed by atoms with Gasteiger partial charge in [0.05, 0.1) is 12.6 Å². The van der Waals surface area contributed by atoms with Crippen LogP contribution in [-0.4, -0.2) is 27.3 Å². The van der Waals surface area contributed by atoms with Crippen LogP contribution in [0, 0.1) is 6.92 Å². The van der Waals surface area contributed by atoms with E-state index in [2.05, 4.69) is 10.2 Å². The largest absolute Gasteiger partial charge is 0.460 e. The van der Waals surface area contributed by atoms with Crippen LogP contribution >= 0.6 is 0 Å². The van der Waals surface area contributed by atoms with Crippen molar-refractivity contribution in [3.63, 3.8) is 0 Å². The average molecular weight is 259 g/mol. The van der Waals surface area contributed by atoms with Crippen molar-refractivity contribution in [1.29, 1.82) is 0 Å². The van der Waals surface area contributed by atoms with E-state index in [1.807, 2.05) is 44.2 Å². The maximum absolute atomic E-state index is 11.9. The lowest BCUT2D eigenvalue weighted by Gasteiger charge is -2.16. The minimum Gasteiger partial charge on any atom is -0.460 e. The molecule has 5 heteroatoms. The molecule has 0 amide bonds. The summed E-state index contributed by atoms with van der Waals surface area (Å²) in [5.74, 6) is 0.501. The van der Waals surface area contributed by atoms with E-state index >= 15 is 0 Å². The van der Waals surface area contributed by atoms with Gasteiger partial charge in [-0.25, -0.2) is 4.79 Å². The second-order valence-corrected chi connectivity index (χ2v) is 4.25. The molecule has 1 unspecified atom stereocenters. The average Bonchev–Trinajstić information content (AvgIpc) is 2.81. The highest BCUT2D eigenvalue weighted by molar-refractivity contribution is 5.85. The van der Waals surface area contributed by atoms with Crippen LogP contribution in [0.25, 0.3) is 0 Å². The Morgan fingerprint density at radius 2 is 2.00 bits per heavy atom. The molecule has 19 heavy (non-hydrogen) atoms. The number of nitrogens with zero attached hydrogens (tertiary/aromatic N) is 3. The molecule has 5 nitrogen and oxygen atoms in total. The standard InChI is InChI=1S/C14H17N3O2/c1-4-19-14(18)13-16-15-11(3)17(13)10(2)12-8-6-5-7-9-12/h5-10H,4H2,1-3H3. The van der Waals surface area contributed by atoms with Crippen LogP contribution in [0.3, 0.4) is 0 Å². The number of carbonyl (C=O) groups excluding carboxylic acids is 1. The second-order valence-electron chi connectivity index (χ2n) is 4.25. The van der Waals surface area contributed by atoms with Crippen LogP contribution < -0.4 is 0 Å². The molecule has 0 saturated heterocycles. The number of hydrogen-bond acceptors (Lipinski definition) is 4. The van der Waals surface area contributed by atoms with Crippen molar-refractivity contribution in [2.45, 2.75) is 26.8 Å². The zero-order valence-electron chi connectivity index (χ0n) is 11.3. The summed E-state index contributed by atoms with van der Waals surface area (Å²) >= 11 is 0. The Balaban J connectivity index is 2.39. The molecule has 0 N–H and O–H groups in total. The number of rotatable bonds is 4. The summed E-state index contributed by atoms with van der Waals surface area (Å²) in [6.07, 6.45) is 0. The van der Waals surface area contributed by atoms with Gasteiger partial charge in [-0.3, -0.25) is 4.57 Å². The van der Waals surface area contributed by atoms with Crippen LogP contribution in [0.15, 0.2) is 30.3 Å². The fourth-order valence-corrected chi connectivity index (χ4v) is 2.05. The van der Waals surface area contributed by atoms with Gasteiger partial charge < -0.3 is 4.74 Å². The zero-order chi connectivity index (χ0) is 13.8. The molecule has 1 aromatic carbocycles. The molecule has 0 aliphatic carbocycles. The van der Waals surface area contributed by atoms with Crippen molar-refractivity contribution >= 4 is 5.97 Å². The Hall–Kier alpha value is -2.17. The third kappa shape index (κ3) is 2.65. The Kier molecular flexibility index (Phi) is 3.94.